The second-order valence-electron chi connectivity index (χ2n) is 8.47. The predicted molar refractivity (Wildman–Crippen MR) is 128 cm³/mol. The molecule has 1 unspecified atom stereocenters. The molecule has 172 valence electrons. The van der Waals surface area contributed by atoms with E-state index in [-0.39, 0.29) is 18.0 Å². The van der Waals surface area contributed by atoms with Crippen LogP contribution in [0.4, 0.5) is 0 Å². The minimum Gasteiger partial charge on any atom is -0.469 e. The van der Waals surface area contributed by atoms with Gasteiger partial charge in [-0.2, -0.15) is 0 Å². The van der Waals surface area contributed by atoms with Crippen molar-refractivity contribution in [2.75, 3.05) is 7.11 Å². The summed E-state index contributed by atoms with van der Waals surface area (Å²) in [7, 11) is 1.29. The van der Waals surface area contributed by atoms with Gasteiger partial charge in [-0.25, -0.2) is 9.78 Å². The molecule has 0 bridgehead atoms. The number of carbonyl (C=O) groups excluding carboxylic acids is 1. The SMILES string of the molecule is CCC(CC(=O)OC)n1c(=O)c2ncccc2n([C@H](C)c2c[nH]c3cc(C)cc(C)c23)c1=O. The van der Waals surface area contributed by atoms with Gasteiger partial charge in [0, 0.05) is 28.9 Å². The van der Waals surface area contributed by atoms with Crippen LogP contribution in [0.5, 0.6) is 0 Å². The molecule has 8 nitrogen and oxygen atoms in total. The van der Waals surface area contributed by atoms with E-state index >= 15 is 0 Å². The van der Waals surface area contributed by atoms with Crippen molar-refractivity contribution in [3.05, 3.63) is 74.2 Å². The van der Waals surface area contributed by atoms with Crippen LogP contribution in [0, 0.1) is 13.8 Å². The Balaban J connectivity index is 2.01. The number of ether oxygens (including phenoxy) is 1. The maximum atomic E-state index is 13.8. The molecule has 4 aromatic rings. The Morgan fingerprint density at radius 2 is 1.97 bits per heavy atom. The van der Waals surface area contributed by atoms with Crippen molar-refractivity contribution in [3.8, 4) is 0 Å². The molecule has 0 aliphatic heterocycles. The van der Waals surface area contributed by atoms with E-state index in [0.717, 1.165) is 32.2 Å². The lowest BCUT2D eigenvalue weighted by Crippen LogP contribution is -2.44. The lowest BCUT2D eigenvalue weighted by Gasteiger charge is -2.23. The Morgan fingerprint density at radius 1 is 1.21 bits per heavy atom. The van der Waals surface area contributed by atoms with Gasteiger partial charge in [0.2, 0.25) is 0 Å². The zero-order chi connectivity index (χ0) is 23.9. The highest BCUT2D eigenvalue weighted by molar-refractivity contribution is 5.88. The number of methoxy groups -OCH3 is 1. The normalized spacial score (nSPS) is 13.4. The largest absolute Gasteiger partial charge is 0.469 e. The molecule has 0 radical (unpaired) electrons. The van der Waals surface area contributed by atoms with Gasteiger partial charge in [-0.1, -0.05) is 13.0 Å². The Kier molecular flexibility index (Phi) is 5.93. The molecular formula is C25H28N4O4. The number of aromatic amines is 1. The van der Waals surface area contributed by atoms with Crippen LogP contribution < -0.4 is 11.2 Å². The molecule has 0 fully saturated rings. The molecule has 3 heterocycles. The molecule has 33 heavy (non-hydrogen) atoms. The van der Waals surface area contributed by atoms with Gasteiger partial charge >= 0.3 is 11.7 Å². The number of aryl methyl sites for hydroxylation is 2. The molecule has 0 aliphatic rings. The van der Waals surface area contributed by atoms with Gasteiger partial charge in [-0.05, 0) is 56.5 Å². The Labute approximate surface area is 190 Å². The summed E-state index contributed by atoms with van der Waals surface area (Å²) < 4.78 is 7.56. The van der Waals surface area contributed by atoms with E-state index in [1.807, 2.05) is 33.9 Å². The first-order chi connectivity index (χ1) is 15.8. The molecule has 0 saturated heterocycles. The van der Waals surface area contributed by atoms with Crippen molar-refractivity contribution < 1.29 is 9.53 Å². The summed E-state index contributed by atoms with van der Waals surface area (Å²) in [4.78, 5) is 46.7. The molecule has 2 atom stereocenters. The minimum absolute atomic E-state index is 0.0691. The summed E-state index contributed by atoms with van der Waals surface area (Å²) in [6.07, 6.45) is 3.80. The molecule has 0 saturated carbocycles. The van der Waals surface area contributed by atoms with Crippen LogP contribution in [0.3, 0.4) is 0 Å². The number of hydrogen-bond acceptors (Lipinski definition) is 5. The summed E-state index contributed by atoms with van der Waals surface area (Å²) in [5.41, 5.74) is 3.88. The Bertz CT molecular complexity index is 1480. The fourth-order valence-electron chi connectivity index (χ4n) is 4.73. The number of carbonyl (C=O) groups is 1. The number of nitrogens with zero attached hydrogens (tertiary/aromatic N) is 3. The maximum Gasteiger partial charge on any atom is 0.332 e. The third-order valence-electron chi connectivity index (χ3n) is 6.33. The molecule has 1 N–H and O–H groups in total. The fourth-order valence-corrected chi connectivity index (χ4v) is 4.73. The van der Waals surface area contributed by atoms with Crippen LogP contribution in [0.1, 0.15) is 55.5 Å². The van der Waals surface area contributed by atoms with E-state index < -0.39 is 23.3 Å². The van der Waals surface area contributed by atoms with Crippen molar-refractivity contribution >= 4 is 27.9 Å². The molecule has 0 spiro atoms. The number of hydrogen-bond donors (Lipinski definition) is 1. The number of H-pyrrole nitrogens is 1. The number of fused-ring (bicyclic) bond motifs is 2. The maximum absolute atomic E-state index is 13.8. The second kappa shape index (κ2) is 8.69. The van der Waals surface area contributed by atoms with E-state index in [1.165, 1.54) is 13.3 Å². The van der Waals surface area contributed by atoms with E-state index in [1.54, 1.807) is 16.7 Å². The van der Waals surface area contributed by atoms with E-state index in [9.17, 15) is 14.4 Å². The zero-order valence-electron chi connectivity index (χ0n) is 19.5. The fraction of sp³-hybridized carbons (Fsp3) is 0.360. The smallest absolute Gasteiger partial charge is 0.332 e. The topological polar surface area (TPSA) is 99.0 Å². The highest BCUT2D eigenvalue weighted by Gasteiger charge is 2.26. The first kappa shape index (κ1) is 22.5. The average molecular weight is 449 g/mol. The van der Waals surface area contributed by atoms with Crippen molar-refractivity contribution in [2.45, 2.75) is 52.6 Å². The van der Waals surface area contributed by atoms with Crippen molar-refractivity contribution in [1.29, 1.82) is 0 Å². The van der Waals surface area contributed by atoms with Crippen LogP contribution in [-0.4, -0.2) is 32.2 Å². The van der Waals surface area contributed by atoms with Crippen LogP contribution in [0.25, 0.3) is 21.9 Å². The van der Waals surface area contributed by atoms with Crippen molar-refractivity contribution in [1.82, 2.24) is 19.1 Å². The number of aromatic nitrogens is 4. The number of benzene rings is 1. The molecular weight excluding hydrogens is 420 g/mol. The number of pyridine rings is 1. The number of rotatable bonds is 6. The van der Waals surface area contributed by atoms with Crippen LogP contribution in [0.2, 0.25) is 0 Å². The molecule has 1 aromatic carbocycles. The summed E-state index contributed by atoms with van der Waals surface area (Å²) in [6, 6.07) is 6.62. The van der Waals surface area contributed by atoms with Crippen LogP contribution in [-0.2, 0) is 9.53 Å². The third kappa shape index (κ3) is 3.75. The monoisotopic (exact) mass is 448 g/mol. The van der Waals surface area contributed by atoms with E-state index in [0.29, 0.717) is 11.9 Å². The molecule has 8 heteroatoms. The standard InChI is InChI=1S/C25H28N4O4/c1-6-17(12-21(30)33-5)29-24(31)23-20(8-7-9-26-23)28(25(29)32)16(4)18-13-27-19-11-14(2)10-15(3)22(18)19/h7-11,13,16-17,27H,6,12H2,1-5H3/t16-,17?/m1/s1. The number of nitrogens with one attached hydrogen (secondary N) is 1. The van der Waals surface area contributed by atoms with E-state index in [2.05, 4.69) is 22.1 Å². The van der Waals surface area contributed by atoms with Crippen LogP contribution >= 0.6 is 0 Å². The van der Waals surface area contributed by atoms with Crippen LogP contribution in [0.15, 0.2) is 46.2 Å². The first-order valence-electron chi connectivity index (χ1n) is 11.0. The van der Waals surface area contributed by atoms with Crippen molar-refractivity contribution in [3.63, 3.8) is 0 Å². The minimum atomic E-state index is -0.630. The van der Waals surface area contributed by atoms with E-state index in [4.69, 9.17) is 4.74 Å². The number of esters is 1. The van der Waals surface area contributed by atoms with Gasteiger partial charge < -0.3 is 9.72 Å². The van der Waals surface area contributed by atoms with Gasteiger partial charge in [0.25, 0.3) is 5.56 Å². The molecule has 0 amide bonds. The van der Waals surface area contributed by atoms with Gasteiger partial charge in [-0.3, -0.25) is 18.7 Å². The highest BCUT2D eigenvalue weighted by Crippen LogP contribution is 2.31. The quantitative estimate of drug-likeness (QED) is 0.453. The summed E-state index contributed by atoms with van der Waals surface area (Å²) in [6.45, 7) is 7.86. The third-order valence-corrected chi connectivity index (χ3v) is 6.33. The molecule has 3 aromatic heterocycles. The first-order valence-corrected chi connectivity index (χ1v) is 11.0. The Morgan fingerprint density at radius 3 is 2.67 bits per heavy atom. The van der Waals surface area contributed by atoms with Gasteiger partial charge in [-0.15, -0.1) is 0 Å². The lowest BCUT2D eigenvalue weighted by atomic mass is 10.0. The highest BCUT2D eigenvalue weighted by atomic mass is 16.5. The predicted octanol–water partition coefficient (Wildman–Crippen LogP) is 3.78. The lowest BCUT2D eigenvalue weighted by molar-refractivity contribution is -0.141. The average Bonchev–Trinajstić information content (AvgIpc) is 3.22. The Hall–Kier alpha value is -3.68. The summed E-state index contributed by atoms with van der Waals surface area (Å²) >= 11 is 0. The second-order valence-corrected chi connectivity index (χ2v) is 8.47. The summed E-state index contributed by atoms with van der Waals surface area (Å²) in [5.74, 6) is -0.475. The van der Waals surface area contributed by atoms with Gasteiger partial charge in [0.1, 0.15) is 0 Å². The summed E-state index contributed by atoms with van der Waals surface area (Å²) in [5, 5.41) is 1.05. The zero-order valence-corrected chi connectivity index (χ0v) is 19.5. The molecule has 4 rings (SSSR count). The van der Waals surface area contributed by atoms with Gasteiger partial charge in [0.15, 0.2) is 5.52 Å². The molecule has 0 aliphatic carbocycles. The van der Waals surface area contributed by atoms with Gasteiger partial charge in [0.05, 0.1) is 31.1 Å². The van der Waals surface area contributed by atoms with Crippen molar-refractivity contribution in [2.24, 2.45) is 0 Å².